The van der Waals surface area contributed by atoms with Crippen LogP contribution in [0.2, 0.25) is 5.02 Å². The zero-order valence-corrected chi connectivity index (χ0v) is 9.52. The lowest BCUT2D eigenvalue weighted by atomic mass is 10.3. The summed E-state index contributed by atoms with van der Waals surface area (Å²) >= 11 is 5.76. The molecular formula is C10H13ClN4O. The predicted molar refractivity (Wildman–Crippen MR) is 61.5 cm³/mol. The van der Waals surface area contributed by atoms with Gasteiger partial charge in [-0.05, 0) is 24.3 Å². The Kier molecular flexibility index (Phi) is 4.10. The fraction of sp³-hybridized carbons (Fsp3) is 0.400. The molecule has 0 unspecified atom stereocenters. The average Bonchev–Trinajstić information content (AvgIpc) is 2.33. The van der Waals surface area contributed by atoms with Gasteiger partial charge in [-0.15, -0.1) is 5.11 Å². The third-order valence-corrected chi connectivity index (χ3v) is 2.44. The van der Waals surface area contributed by atoms with Gasteiger partial charge in [0.1, 0.15) is 0 Å². The Labute approximate surface area is 99.0 Å². The molecule has 1 N–H and O–H groups in total. The fourth-order valence-corrected chi connectivity index (χ4v) is 1.44. The second-order valence-corrected chi connectivity index (χ2v) is 3.81. The van der Waals surface area contributed by atoms with Crippen LogP contribution in [0, 0.1) is 0 Å². The molecule has 0 saturated carbocycles. The van der Waals surface area contributed by atoms with E-state index in [0.717, 1.165) is 32.0 Å². The van der Waals surface area contributed by atoms with Crippen molar-refractivity contribution in [3.8, 4) is 0 Å². The first-order valence-electron chi connectivity index (χ1n) is 5.09. The number of hydrogen-bond donors (Lipinski definition) is 1. The van der Waals surface area contributed by atoms with Crippen molar-refractivity contribution in [2.24, 2.45) is 10.3 Å². The summed E-state index contributed by atoms with van der Waals surface area (Å²) in [5, 5.41) is 10.6. The molecule has 1 aromatic carbocycles. The van der Waals surface area contributed by atoms with Crippen molar-refractivity contribution in [2.45, 2.75) is 0 Å². The first-order chi connectivity index (χ1) is 7.84. The topological polar surface area (TPSA) is 49.2 Å². The van der Waals surface area contributed by atoms with Gasteiger partial charge in [0.2, 0.25) is 0 Å². The van der Waals surface area contributed by atoms with Gasteiger partial charge in [0.05, 0.1) is 18.9 Å². The second-order valence-electron chi connectivity index (χ2n) is 3.38. The van der Waals surface area contributed by atoms with Crippen LogP contribution in [-0.4, -0.2) is 31.3 Å². The van der Waals surface area contributed by atoms with Gasteiger partial charge in [-0.3, -0.25) is 0 Å². The van der Waals surface area contributed by atoms with Crippen LogP contribution in [0.4, 0.5) is 5.69 Å². The van der Waals surface area contributed by atoms with E-state index in [1.165, 1.54) is 0 Å². The average molecular weight is 241 g/mol. The van der Waals surface area contributed by atoms with Crippen LogP contribution >= 0.6 is 11.6 Å². The summed E-state index contributed by atoms with van der Waals surface area (Å²) in [6.45, 7) is 3.09. The lowest BCUT2D eigenvalue weighted by Crippen LogP contribution is -2.43. The van der Waals surface area contributed by atoms with Gasteiger partial charge in [-0.1, -0.05) is 16.8 Å². The van der Waals surface area contributed by atoms with Crippen molar-refractivity contribution in [1.29, 1.82) is 0 Å². The Bertz CT molecular complexity index is 348. The Morgan fingerprint density at radius 2 is 1.88 bits per heavy atom. The van der Waals surface area contributed by atoms with Crippen molar-refractivity contribution in [1.82, 2.24) is 10.5 Å². The molecule has 2 rings (SSSR count). The Balaban J connectivity index is 1.82. The van der Waals surface area contributed by atoms with Gasteiger partial charge in [-0.25, -0.2) is 10.5 Å². The molecule has 0 radical (unpaired) electrons. The van der Waals surface area contributed by atoms with Gasteiger partial charge in [-0.2, -0.15) is 0 Å². The number of rotatable bonds is 3. The predicted octanol–water partition coefficient (Wildman–Crippen LogP) is 2.18. The highest BCUT2D eigenvalue weighted by atomic mass is 35.5. The first kappa shape index (κ1) is 11.3. The fourth-order valence-electron chi connectivity index (χ4n) is 1.31. The normalized spacial score (nSPS) is 17.8. The summed E-state index contributed by atoms with van der Waals surface area (Å²) in [6.07, 6.45) is 0. The Morgan fingerprint density at radius 3 is 2.56 bits per heavy atom. The minimum atomic E-state index is 0.695. The molecule has 0 aliphatic carbocycles. The highest BCUT2D eigenvalue weighted by Gasteiger charge is 2.07. The molecule has 5 nitrogen and oxygen atoms in total. The number of hydrazine groups is 1. The molecule has 0 atom stereocenters. The number of hydrogen-bond acceptors (Lipinski definition) is 4. The molecule has 1 heterocycles. The zero-order chi connectivity index (χ0) is 11.2. The van der Waals surface area contributed by atoms with Crippen LogP contribution in [0.15, 0.2) is 34.6 Å². The Hall–Kier alpha value is -1.17. The quantitative estimate of drug-likeness (QED) is 0.651. The first-order valence-corrected chi connectivity index (χ1v) is 5.47. The third-order valence-electron chi connectivity index (χ3n) is 2.19. The molecule has 1 fully saturated rings. The van der Waals surface area contributed by atoms with Crippen molar-refractivity contribution in [2.75, 3.05) is 26.3 Å². The maximum Gasteiger partial charge on any atom is 0.0875 e. The maximum atomic E-state index is 5.76. The molecule has 1 aliphatic heterocycles. The molecule has 0 amide bonds. The zero-order valence-electron chi connectivity index (χ0n) is 8.77. The molecule has 1 saturated heterocycles. The summed E-state index contributed by atoms with van der Waals surface area (Å²) in [4.78, 5) is 0. The van der Waals surface area contributed by atoms with Crippen LogP contribution in [-0.2, 0) is 4.74 Å². The van der Waals surface area contributed by atoms with Gasteiger partial charge in [0.25, 0.3) is 0 Å². The van der Waals surface area contributed by atoms with Crippen LogP contribution in [0.25, 0.3) is 0 Å². The highest BCUT2D eigenvalue weighted by molar-refractivity contribution is 6.30. The van der Waals surface area contributed by atoms with Crippen LogP contribution in [0.1, 0.15) is 0 Å². The number of halogens is 1. The summed E-state index contributed by atoms with van der Waals surface area (Å²) in [7, 11) is 0. The number of nitrogens with zero attached hydrogens (tertiary/aromatic N) is 3. The number of ether oxygens (including phenoxy) is 1. The standard InChI is InChI=1S/C10H13ClN4O/c11-9-1-3-10(4-2-9)12-13-14-15-5-7-16-8-6-15/h1-4H,5-8H2,(H,12,14). The monoisotopic (exact) mass is 240 g/mol. The summed E-state index contributed by atoms with van der Waals surface area (Å²) in [5.41, 5.74) is 3.63. The smallest absolute Gasteiger partial charge is 0.0875 e. The van der Waals surface area contributed by atoms with Crippen LogP contribution in [0.5, 0.6) is 0 Å². The van der Waals surface area contributed by atoms with E-state index in [1.807, 2.05) is 17.1 Å². The van der Waals surface area contributed by atoms with Gasteiger partial charge < -0.3 is 4.74 Å². The number of morpholine rings is 1. The van der Waals surface area contributed by atoms with E-state index in [1.54, 1.807) is 12.1 Å². The van der Waals surface area contributed by atoms with Crippen LogP contribution < -0.4 is 5.53 Å². The van der Waals surface area contributed by atoms with E-state index in [4.69, 9.17) is 16.3 Å². The molecule has 0 aromatic heterocycles. The number of nitrogens with one attached hydrogen (secondary N) is 1. The third kappa shape index (κ3) is 3.44. The van der Waals surface area contributed by atoms with Crippen molar-refractivity contribution < 1.29 is 4.74 Å². The number of benzene rings is 1. The van der Waals surface area contributed by atoms with E-state index < -0.39 is 0 Å². The van der Waals surface area contributed by atoms with Gasteiger partial charge in [0.15, 0.2) is 0 Å². The van der Waals surface area contributed by atoms with E-state index in [0.29, 0.717) is 5.02 Å². The van der Waals surface area contributed by atoms with E-state index in [-0.39, 0.29) is 0 Å². The molecule has 1 aromatic rings. The minimum Gasteiger partial charge on any atom is -0.379 e. The lowest BCUT2D eigenvalue weighted by Gasteiger charge is -2.24. The minimum absolute atomic E-state index is 0.695. The van der Waals surface area contributed by atoms with E-state index in [9.17, 15) is 0 Å². The van der Waals surface area contributed by atoms with Gasteiger partial charge in [0, 0.05) is 18.1 Å². The molecular weight excluding hydrogens is 228 g/mol. The van der Waals surface area contributed by atoms with Gasteiger partial charge >= 0.3 is 0 Å². The molecule has 0 spiro atoms. The van der Waals surface area contributed by atoms with E-state index >= 15 is 0 Å². The molecule has 1 aliphatic rings. The molecule has 86 valence electrons. The SMILES string of the molecule is Clc1ccc(N=NNN2CCOCC2)cc1. The summed E-state index contributed by atoms with van der Waals surface area (Å²) < 4.78 is 5.21. The van der Waals surface area contributed by atoms with Crippen molar-refractivity contribution in [3.63, 3.8) is 0 Å². The largest absolute Gasteiger partial charge is 0.379 e. The highest BCUT2D eigenvalue weighted by Crippen LogP contribution is 2.15. The Morgan fingerprint density at radius 1 is 1.19 bits per heavy atom. The second kappa shape index (κ2) is 5.79. The maximum absolute atomic E-state index is 5.76. The molecule has 0 bridgehead atoms. The molecule has 16 heavy (non-hydrogen) atoms. The summed E-state index contributed by atoms with van der Waals surface area (Å²) in [6, 6.07) is 7.19. The lowest BCUT2D eigenvalue weighted by molar-refractivity contribution is 0.0110. The summed E-state index contributed by atoms with van der Waals surface area (Å²) in [5.74, 6) is 0. The van der Waals surface area contributed by atoms with E-state index in [2.05, 4.69) is 15.9 Å². The molecule has 6 heteroatoms. The van der Waals surface area contributed by atoms with Crippen LogP contribution in [0.3, 0.4) is 0 Å². The van der Waals surface area contributed by atoms with Crippen molar-refractivity contribution >= 4 is 17.3 Å². The van der Waals surface area contributed by atoms with Crippen molar-refractivity contribution in [3.05, 3.63) is 29.3 Å².